The molecule has 0 spiro atoms. The summed E-state index contributed by atoms with van der Waals surface area (Å²) < 4.78 is 0. The van der Waals surface area contributed by atoms with Crippen molar-refractivity contribution in [2.45, 2.75) is 20.4 Å². The summed E-state index contributed by atoms with van der Waals surface area (Å²) >= 11 is 0. The maximum atomic E-state index is 12.3. The number of hydrogen-bond donors (Lipinski definition) is 2. The molecule has 3 aromatic heterocycles. The summed E-state index contributed by atoms with van der Waals surface area (Å²) in [4.78, 5) is 28.6. The molecular formula is C21H19N5O. The molecule has 6 heteroatoms. The van der Waals surface area contributed by atoms with E-state index in [1.54, 1.807) is 12.4 Å². The fourth-order valence-electron chi connectivity index (χ4n) is 3.11. The van der Waals surface area contributed by atoms with E-state index in [4.69, 9.17) is 0 Å². The highest BCUT2D eigenvalue weighted by Crippen LogP contribution is 2.24. The Morgan fingerprint density at radius 3 is 2.70 bits per heavy atom. The summed E-state index contributed by atoms with van der Waals surface area (Å²) in [5, 5.41) is 4.23. The molecule has 0 amide bonds. The zero-order chi connectivity index (χ0) is 18.8. The molecule has 0 aliphatic heterocycles. The summed E-state index contributed by atoms with van der Waals surface area (Å²) in [6.07, 6.45) is 3.46. The van der Waals surface area contributed by atoms with Crippen molar-refractivity contribution in [2.24, 2.45) is 0 Å². The van der Waals surface area contributed by atoms with Gasteiger partial charge < -0.3 is 10.3 Å². The Morgan fingerprint density at radius 1 is 1.07 bits per heavy atom. The van der Waals surface area contributed by atoms with Crippen LogP contribution in [-0.4, -0.2) is 19.9 Å². The van der Waals surface area contributed by atoms with E-state index in [0.717, 1.165) is 27.7 Å². The molecule has 0 atom stereocenters. The molecule has 4 aromatic rings. The quantitative estimate of drug-likeness (QED) is 0.583. The van der Waals surface area contributed by atoms with Gasteiger partial charge in [-0.3, -0.25) is 9.78 Å². The number of benzene rings is 1. The number of anilines is 1. The zero-order valence-electron chi connectivity index (χ0n) is 15.2. The highest BCUT2D eigenvalue weighted by Gasteiger charge is 2.11. The van der Waals surface area contributed by atoms with Crippen molar-refractivity contribution in [3.8, 4) is 11.4 Å². The van der Waals surface area contributed by atoms with Crippen molar-refractivity contribution in [1.82, 2.24) is 19.9 Å². The molecule has 2 N–H and O–H groups in total. The highest BCUT2D eigenvalue weighted by atomic mass is 16.1. The van der Waals surface area contributed by atoms with Crippen molar-refractivity contribution in [1.29, 1.82) is 0 Å². The van der Waals surface area contributed by atoms with E-state index in [9.17, 15) is 4.79 Å². The highest BCUT2D eigenvalue weighted by molar-refractivity contribution is 5.90. The third-order valence-corrected chi connectivity index (χ3v) is 4.45. The van der Waals surface area contributed by atoms with Gasteiger partial charge in [-0.25, -0.2) is 9.97 Å². The van der Waals surface area contributed by atoms with Crippen LogP contribution in [0.1, 0.15) is 16.8 Å². The zero-order valence-corrected chi connectivity index (χ0v) is 15.2. The van der Waals surface area contributed by atoms with Gasteiger partial charge in [0.2, 0.25) is 0 Å². The van der Waals surface area contributed by atoms with Gasteiger partial charge in [0.1, 0.15) is 5.82 Å². The minimum atomic E-state index is -0.0779. The number of pyridine rings is 2. The van der Waals surface area contributed by atoms with Gasteiger partial charge in [-0.05, 0) is 49.7 Å². The van der Waals surface area contributed by atoms with E-state index in [2.05, 4.69) is 25.3 Å². The number of H-pyrrole nitrogens is 1. The van der Waals surface area contributed by atoms with Crippen LogP contribution in [0, 0.1) is 13.8 Å². The van der Waals surface area contributed by atoms with Gasteiger partial charge in [-0.15, -0.1) is 0 Å². The lowest BCUT2D eigenvalue weighted by atomic mass is 10.1. The molecular weight excluding hydrogens is 338 g/mol. The summed E-state index contributed by atoms with van der Waals surface area (Å²) in [7, 11) is 0. The molecule has 0 bridgehead atoms. The first-order valence-electron chi connectivity index (χ1n) is 8.72. The lowest BCUT2D eigenvalue weighted by Crippen LogP contribution is -2.19. The minimum absolute atomic E-state index is 0.0779. The third kappa shape index (κ3) is 3.42. The molecule has 1 aromatic carbocycles. The molecule has 0 unspecified atom stereocenters. The second kappa shape index (κ2) is 6.99. The SMILES string of the molecule is Cc1cc(C)c(CNc2nc(-c3cccnc3)nc3ccccc23)c(=O)[nH]1. The second-order valence-electron chi connectivity index (χ2n) is 6.45. The largest absolute Gasteiger partial charge is 0.365 e. The van der Waals surface area contributed by atoms with Gasteiger partial charge in [0.05, 0.1) is 5.52 Å². The maximum Gasteiger partial charge on any atom is 0.253 e. The lowest BCUT2D eigenvalue weighted by molar-refractivity contribution is 1.00. The molecule has 0 aliphatic rings. The van der Waals surface area contributed by atoms with Gasteiger partial charge in [0, 0.05) is 41.1 Å². The van der Waals surface area contributed by atoms with Crippen LogP contribution >= 0.6 is 0 Å². The molecule has 6 nitrogen and oxygen atoms in total. The van der Waals surface area contributed by atoms with Crippen molar-refractivity contribution in [3.05, 3.63) is 82.0 Å². The van der Waals surface area contributed by atoms with Gasteiger partial charge in [-0.1, -0.05) is 12.1 Å². The Labute approximate surface area is 156 Å². The first kappa shape index (κ1) is 16.9. The van der Waals surface area contributed by atoms with E-state index in [0.29, 0.717) is 23.8 Å². The molecule has 0 saturated heterocycles. The standard InChI is InChI=1S/C21H19N5O/c1-13-10-14(2)24-21(27)17(13)12-23-20-16-7-3-4-8-18(16)25-19(26-20)15-6-5-9-22-11-15/h3-11H,12H2,1-2H3,(H,24,27)(H,23,25,26). The van der Waals surface area contributed by atoms with Crippen molar-refractivity contribution in [2.75, 3.05) is 5.32 Å². The fourth-order valence-corrected chi connectivity index (χ4v) is 3.11. The number of aryl methyl sites for hydroxylation is 2. The van der Waals surface area contributed by atoms with Gasteiger partial charge in [-0.2, -0.15) is 0 Å². The summed E-state index contributed by atoms with van der Waals surface area (Å²) in [5.41, 5.74) is 4.11. The van der Waals surface area contributed by atoms with Crippen molar-refractivity contribution >= 4 is 16.7 Å². The Balaban J connectivity index is 1.76. The smallest absolute Gasteiger partial charge is 0.253 e. The fraction of sp³-hybridized carbons (Fsp3) is 0.143. The number of hydrogen-bond acceptors (Lipinski definition) is 5. The minimum Gasteiger partial charge on any atom is -0.365 e. The van der Waals surface area contributed by atoms with E-state index < -0.39 is 0 Å². The average Bonchev–Trinajstić information content (AvgIpc) is 2.67. The Bertz CT molecular complexity index is 1170. The molecule has 134 valence electrons. The Morgan fingerprint density at radius 2 is 1.93 bits per heavy atom. The van der Waals surface area contributed by atoms with Crippen LogP contribution in [0.15, 0.2) is 59.7 Å². The summed E-state index contributed by atoms with van der Waals surface area (Å²) in [6.45, 7) is 4.21. The van der Waals surface area contributed by atoms with Gasteiger partial charge in [0.15, 0.2) is 5.82 Å². The number of rotatable bonds is 4. The molecule has 27 heavy (non-hydrogen) atoms. The van der Waals surface area contributed by atoms with Crippen LogP contribution in [0.3, 0.4) is 0 Å². The topological polar surface area (TPSA) is 83.6 Å². The first-order chi connectivity index (χ1) is 13.1. The van der Waals surface area contributed by atoms with Crippen molar-refractivity contribution < 1.29 is 0 Å². The molecule has 0 aliphatic carbocycles. The Kier molecular flexibility index (Phi) is 4.38. The molecule has 0 saturated carbocycles. The van der Waals surface area contributed by atoms with Gasteiger partial charge in [0.25, 0.3) is 5.56 Å². The van der Waals surface area contributed by atoms with Crippen LogP contribution in [0.25, 0.3) is 22.3 Å². The average molecular weight is 357 g/mol. The van der Waals surface area contributed by atoms with E-state index in [-0.39, 0.29) is 5.56 Å². The number of para-hydroxylation sites is 1. The van der Waals surface area contributed by atoms with Gasteiger partial charge >= 0.3 is 0 Å². The summed E-state index contributed by atoms with van der Waals surface area (Å²) in [6, 6.07) is 13.6. The second-order valence-corrected chi connectivity index (χ2v) is 6.45. The predicted octanol–water partition coefficient (Wildman–Crippen LogP) is 3.61. The number of nitrogens with zero attached hydrogens (tertiary/aromatic N) is 3. The molecule has 0 radical (unpaired) electrons. The van der Waals surface area contributed by atoms with Crippen molar-refractivity contribution in [3.63, 3.8) is 0 Å². The first-order valence-corrected chi connectivity index (χ1v) is 8.72. The summed E-state index contributed by atoms with van der Waals surface area (Å²) in [5.74, 6) is 1.29. The van der Waals surface area contributed by atoms with E-state index in [1.165, 1.54) is 0 Å². The normalized spacial score (nSPS) is 10.9. The lowest BCUT2D eigenvalue weighted by Gasteiger charge is -2.12. The number of nitrogens with one attached hydrogen (secondary N) is 2. The number of aromatic nitrogens is 4. The third-order valence-electron chi connectivity index (χ3n) is 4.45. The molecule has 4 rings (SSSR count). The predicted molar refractivity (Wildman–Crippen MR) is 107 cm³/mol. The van der Waals surface area contributed by atoms with E-state index >= 15 is 0 Å². The number of aromatic amines is 1. The van der Waals surface area contributed by atoms with E-state index in [1.807, 2.05) is 56.3 Å². The Hall–Kier alpha value is -3.54. The van der Waals surface area contributed by atoms with Crippen LogP contribution in [0.4, 0.5) is 5.82 Å². The maximum absolute atomic E-state index is 12.3. The van der Waals surface area contributed by atoms with Crippen LogP contribution in [-0.2, 0) is 6.54 Å². The number of fused-ring (bicyclic) bond motifs is 1. The van der Waals surface area contributed by atoms with Crippen LogP contribution in [0.2, 0.25) is 0 Å². The molecule has 3 heterocycles. The molecule has 0 fully saturated rings. The monoisotopic (exact) mass is 357 g/mol. The van der Waals surface area contributed by atoms with Crippen LogP contribution in [0.5, 0.6) is 0 Å². The van der Waals surface area contributed by atoms with Crippen LogP contribution < -0.4 is 10.9 Å².